The molecule has 1 N–H and O–H groups in total. The number of halogens is 1. The summed E-state index contributed by atoms with van der Waals surface area (Å²) in [6, 6.07) is 20.3. The molecule has 4 heteroatoms. The fourth-order valence-corrected chi connectivity index (χ4v) is 2.66. The number of rotatable bonds is 7. The lowest BCUT2D eigenvalue weighted by molar-refractivity contribution is 0.311. The average Bonchev–Trinajstić information content (AvgIpc) is 2.55. The average molecular weight is 358 g/mol. The summed E-state index contributed by atoms with van der Waals surface area (Å²) in [5.74, 6) is 0. The Bertz CT molecular complexity index is 677. The predicted molar refractivity (Wildman–Crippen MR) is 113 cm³/mol. The van der Waals surface area contributed by atoms with Gasteiger partial charge in [0.1, 0.15) is 0 Å². The molecule has 0 saturated heterocycles. The second-order valence-corrected chi connectivity index (χ2v) is 6.84. The number of nitrogens with zero attached hydrogens (tertiary/aromatic N) is 2. The lowest BCUT2D eigenvalue weighted by atomic mass is 9.86. The van der Waals surface area contributed by atoms with Gasteiger partial charge in [-0.15, -0.1) is 12.4 Å². The minimum absolute atomic E-state index is 0. The van der Waals surface area contributed by atoms with Gasteiger partial charge < -0.3 is 4.90 Å². The Kier molecular flexibility index (Phi) is 8.39. The van der Waals surface area contributed by atoms with E-state index in [0.717, 1.165) is 17.9 Å². The van der Waals surface area contributed by atoms with Crippen molar-refractivity contribution in [2.24, 2.45) is 10.5 Å². The summed E-state index contributed by atoms with van der Waals surface area (Å²) in [7, 11) is 4.18. The first-order chi connectivity index (χ1) is 11.5. The van der Waals surface area contributed by atoms with Gasteiger partial charge in [-0.25, -0.2) is 0 Å². The van der Waals surface area contributed by atoms with Crippen LogP contribution in [0, 0.1) is 5.41 Å². The Labute approximate surface area is 157 Å². The molecule has 0 heterocycles. The second kappa shape index (κ2) is 10.0. The first-order valence-electron chi connectivity index (χ1n) is 8.24. The van der Waals surface area contributed by atoms with Crippen molar-refractivity contribution in [3.63, 3.8) is 0 Å². The van der Waals surface area contributed by atoms with Crippen LogP contribution >= 0.6 is 12.4 Å². The van der Waals surface area contributed by atoms with Crippen LogP contribution in [-0.4, -0.2) is 31.3 Å². The third-order valence-electron chi connectivity index (χ3n) is 3.72. The van der Waals surface area contributed by atoms with Crippen molar-refractivity contribution in [1.82, 2.24) is 4.90 Å². The summed E-state index contributed by atoms with van der Waals surface area (Å²) in [5, 5.41) is 4.69. The van der Waals surface area contributed by atoms with Gasteiger partial charge in [0.05, 0.1) is 11.4 Å². The van der Waals surface area contributed by atoms with Gasteiger partial charge in [-0.3, -0.25) is 5.43 Å². The molecule has 0 bridgehead atoms. The lowest BCUT2D eigenvalue weighted by Crippen LogP contribution is -2.35. The van der Waals surface area contributed by atoms with Crippen LogP contribution in [0.2, 0.25) is 0 Å². The molecule has 0 atom stereocenters. The Morgan fingerprint density at radius 2 is 1.56 bits per heavy atom. The van der Waals surface area contributed by atoms with E-state index in [2.05, 4.69) is 67.7 Å². The van der Waals surface area contributed by atoms with Gasteiger partial charge in [0.25, 0.3) is 0 Å². The smallest absolute Gasteiger partial charge is 0.0676 e. The summed E-state index contributed by atoms with van der Waals surface area (Å²) >= 11 is 0. The zero-order valence-corrected chi connectivity index (χ0v) is 16.3. The molecule has 134 valence electrons. The Balaban J connectivity index is 0.00000312. The quantitative estimate of drug-likeness (QED) is 0.546. The maximum Gasteiger partial charge on any atom is 0.0676 e. The summed E-state index contributed by atoms with van der Waals surface area (Å²) in [6.45, 7) is 5.35. The minimum Gasteiger partial charge on any atom is -0.308 e. The fourth-order valence-electron chi connectivity index (χ4n) is 2.66. The van der Waals surface area contributed by atoms with Gasteiger partial charge in [-0.2, -0.15) is 5.10 Å². The van der Waals surface area contributed by atoms with E-state index in [1.54, 1.807) is 0 Å². The molecule has 0 aliphatic carbocycles. The normalized spacial score (nSPS) is 12.3. The van der Waals surface area contributed by atoms with Crippen LogP contribution in [0.3, 0.4) is 0 Å². The topological polar surface area (TPSA) is 27.6 Å². The van der Waals surface area contributed by atoms with E-state index < -0.39 is 0 Å². The lowest BCUT2D eigenvalue weighted by Gasteiger charge is -2.28. The standard InChI is InChI=1S/C21H27N3.ClH/c1-21(2,17-24(3)4)20(16-15-18-11-7-5-8-12-18)23-22-19-13-9-6-10-14-19;/h5-16,22H,17H2,1-4H3;1H/b16-15+,23-20+;. The van der Waals surface area contributed by atoms with Crippen LogP contribution in [0.25, 0.3) is 6.08 Å². The summed E-state index contributed by atoms with van der Waals surface area (Å²) in [4.78, 5) is 2.19. The molecule has 2 aromatic carbocycles. The minimum atomic E-state index is -0.0729. The molecule has 0 radical (unpaired) electrons. The van der Waals surface area contributed by atoms with Crippen molar-refractivity contribution in [3.05, 3.63) is 72.3 Å². The number of anilines is 1. The fraction of sp³-hybridized carbons (Fsp3) is 0.286. The molecule has 0 fully saturated rings. The van der Waals surface area contributed by atoms with Crippen molar-refractivity contribution in [1.29, 1.82) is 0 Å². The van der Waals surface area contributed by atoms with E-state index in [0.29, 0.717) is 0 Å². The van der Waals surface area contributed by atoms with Gasteiger partial charge >= 0.3 is 0 Å². The molecular weight excluding hydrogens is 330 g/mol. The molecule has 0 amide bonds. The monoisotopic (exact) mass is 357 g/mol. The molecule has 2 aromatic rings. The Hall–Kier alpha value is -2.10. The maximum absolute atomic E-state index is 4.69. The van der Waals surface area contributed by atoms with E-state index in [-0.39, 0.29) is 17.8 Å². The second-order valence-electron chi connectivity index (χ2n) is 6.84. The number of benzene rings is 2. The van der Waals surface area contributed by atoms with Crippen LogP contribution in [-0.2, 0) is 0 Å². The molecule has 2 rings (SSSR count). The highest BCUT2D eigenvalue weighted by Crippen LogP contribution is 2.21. The molecular formula is C21H28ClN3. The van der Waals surface area contributed by atoms with Crippen molar-refractivity contribution >= 4 is 29.9 Å². The van der Waals surface area contributed by atoms with Gasteiger partial charge in [-0.1, -0.05) is 68.5 Å². The number of hydrogen-bond acceptors (Lipinski definition) is 3. The van der Waals surface area contributed by atoms with Gasteiger partial charge in [0.2, 0.25) is 0 Å². The summed E-state index contributed by atoms with van der Waals surface area (Å²) in [5.41, 5.74) is 6.28. The summed E-state index contributed by atoms with van der Waals surface area (Å²) < 4.78 is 0. The third kappa shape index (κ3) is 7.12. The highest BCUT2D eigenvalue weighted by molar-refractivity contribution is 6.02. The molecule has 0 spiro atoms. The number of para-hydroxylation sites is 1. The molecule has 0 aliphatic rings. The maximum atomic E-state index is 4.69. The number of hydrazone groups is 1. The van der Waals surface area contributed by atoms with Crippen LogP contribution in [0.15, 0.2) is 71.8 Å². The summed E-state index contributed by atoms with van der Waals surface area (Å²) in [6.07, 6.45) is 4.22. The van der Waals surface area contributed by atoms with Gasteiger partial charge in [-0.05, 0) is 37.9 Å². The predicted octanol–water partition coefficient (Wildman–Crippen LogP) is 5.18. The van der Waals surface area contributed by atoms with Crippen molar-refractivity contribution in [3.8, 4) is 0 Å². The first kappa shape index (κ1) is 20.9. The van der Waals surface area contributed by atoms with Crippen LogP contribution in [0.1, 0.15) is 19.4 Å². The third-order valence-corrected chi connectivity index (χ3v) is 3.72. The van der Waals surface area contributed by atoms with Crippen LogP contribution < -0.4 is 5.43 Å². The van der Waals surface area contributed by atoms with Gasteiger partial charge in [0, 0.05) is 12.0 Å². The van der Waals surface area contributed by atoms with Crippen molar-refractivity contribution in [2.75, 3.05) is 26.1 Å². The Morgan fingerprint density at radius 1 is 1.00 bits per heavy atom. The van der Waals surface area contributed by atoms with E-state index >= 15 is 0 Å². The number of hydrogen-bond donors (Lipinski definition) is 1. The van der Waals surface area contributed by atoms with E-state index in [1.807, 2.05) is 48.5 Å². The Morgan fingerprint density at radius 3 is 2.12 bits per heavy atom. The van der Waals surface area contributed by atoms with E-state index in [9.17, 15) is 0 Å². The zero-order chi connectivity index (χ0) is 17.4. The highest BCUT2D eigenvalue weighted by Gasteiger charge is 2.24. The van der Waals surface area contributed by atoms with Crippen molar-refractivity contribution in [2.45, 2.75) is 13.8 Å². The molecule has 25 heavy (non-hydrogen) atoms. The van der Waals surface area contributed by atoms with Crippen molar-refractivity contribution < 1.29 is 0 Å². The van der Waals surface area contributed by atoms with E-state index in [1.165, 1.54) is 5.56 Å². The first-order valence-corrected chi connectivity index (χ1v) is 8.24. The zero-order valence-electron chi connectivity index (χ0n) is 15.4. The van der Waals surface area contributed by atoms with E-state index in [4.69, 9.17) is 0 Å². The number of nitrogens with one attached hydrogen (secondary N) is 1. The molecule has 0 unspecified atom stereocenters. The van der Waals surface area contributed by atoms with Gasteiger partial charge in [0.15, 0.2) is 0 Å². The van der Waals surface area contributed by atoms with Crippen LogP contribution in [0.4, 0.5) is 5.69 Å². The molecule has 0 aliphatic heterocycles. The highest BCUT2D eigenvalue weighted by atomic mass is 35.5. The molecule has 0 aromatic heterocycles. The van der Waals surface area contributed by atoms with Crippen LogP contribution in [0.5, 0.6) is 0 Å². The number of allylic oxidation sites excluding steroid dienone is 1. The molecule has 0 saturated carbocycles. The SMILES string of the molecule is CN(C)CC(C)(C)C(/C=C/c1ccccc1)=N/Nc1ccccc1.Cl. The largest absolute Gasteiger partial charge is 0.308 e. The molecule has 3 nitrogen and oxygen atoms in total.